The van der Waals surface area contributed by atoms with Crippen molar-refractivity contribution in [3.63, 3.8) is 0 Å². The predicted octanol–water partition coefficient (Wildman–Crippen LogP) is 4.62. The maximum absolute atomic E-state index is 12.9. The van der Waals surface area contributed by atoms with Gasteiger partial charge in [-0.15, -0.1) is 11.3 Å². The van der Waals surface area contributed by atoms with E-state index in [1.54, 1.807) is 11.3 Å². The van der Waals surface area contributed by atoms with Crippen LogP contribution in [0.1, 0.15) is 48.7 Å². The van der Waals surface area contributed by atoms with Crippen LogP contribution in [0.15, 0.2) is 36.4 Å². The zero-order valence-electron chi connectivity index (χ0n) is 16.8. The number of likely N-dealkylation sites (tertiary alicyclic amines) is 1. The van der Waals surface area contributed by atoms with Crippen LogP contribution >= 0.6 is 11.3 Å². The van der Waals surface area contributed by atoms with E-state index in [0.717, 1.165) is 37.6 Å². The molecule has 1 aromatic heterocycles. The summed E-state index contributed by atoms with van der Waals surface area (Å²) in [6.07, 6.45) is 6.22. The summed E-state index contributed by atoms with van der Waals surface area (Å²) in [5, 5.41) is 4.47. The van der Waals surface area contributed by atoms with Crippen LogP contribution in [0.3, 0.4) is 0 Å². The molecule has 1 unspecified atom stereocenters. The highest BCUT2D eigenvalue weighted by Crippen LogP contribution is 2.40. The van der Waals surface area contributed by atoms with Crippen molar-refractivity contribution in [1.82, 2.24) is 10.2 Å². The molecule has 4 rings (SSSR count). The summed E-state index contributed by atoms with van der Waals surface area (Å²) in [5.41, 5.74) is 2.40. The van der Waals surface area contributed by atoms with Crippen molar-refractivity contribution >= 4 is 22.2 Å². The number of piperidine rings is 1. The fourth-order valence-electron chi connectivity index (χ4n) is 4.49. The maximum Gasteiger partial charge on any atom is 0.261 e. The van der Waals surface area contributed by atoms with Gasteiger partial charge < -0.3 is 10.2 Å². The van der Waals surface area contributed by atoms with Crippen molar-refractivity contribution < 1.29 is 4.79 Å². The SMILES string of the molecule is CCN1CCCC1CNC(=O)c1cc(-c2ccccc2)c(N2CCCCC2)s1. The molecule has 0 spiro atoms. The second-order valence-electron chi connectivity index (χ2n) is 7.88. The number of likely N-dealkylation sites (N-methyl/N-ethyl adjacent to an activating group) is 1. The number of hydrogen-bond acceptors (Lipinski definition) is 4. The van der Waals surface area contributed by atoms with E-state index in [-0.39, 0.29) is 5.91 Å². The number of nitrogens with zero attached hydrogens (tertiary/aromatic N) is 2. The first-order chi connectivity index (χ1) is 13.8. The number of thiophene rings is 1. The van der Waals surface area contributed by atoms with Gasteiger partial charge in [0.25, 0.3) is 5.91 Å². The van der Waals surface area contributed by atoms with Crippen LogP contribution < -0.4 is 10.2 Å². The Morgan fingerprint density at radius 2 is 1.89 bits per heavy atom. The molecule has 1 aromatic carbocycles. The van der Waals surface area contributed by atoms with Crippen molar-refractivity contribution in [2.24, 2.45) is 0 Å². The molecule has 2 fully saturated rings. The van der Waals surface area contributed by atoms with Crippen LogP contribution in [-0.2, 0) is 0 Å². The molecular weight excluding hydrogens is 366 g/mol. The number of benzene rings is 1. The lowest BCUT2D eigenvalue weighted by molar-refractivity contribution is 0.0945. The molecule has 0 bridgehead atoms. The Morgan fingerprint density at radius 1 is 1.11 bits per heavy atom. The number of hydrogen-bond donors (Lipinski definition) is 1. The van der Waals surface area contributed by atoms with E-state index in [2.05, 4.69) is 52.4 Å². The van der Waals surface area contributed by atoms with Crippen molar-refractivity contribution in [2.45, 2.75) is 45.1 Å². The first-order valence-electron chi connectivity index (χ1n) is 10.7. The molecule has 150 valence electrons. The molecule has 1 atom stereocenters. The van der Waals surface area contributed by atoms with Crippen LogP contribution in [0.2, 0.25) is 0 Å². The maximum atomic E-state index is 12.9. The lowest BCUT2D eigenvalue weighted by Gasteiger charge is -2.28. The monoisotopic (exact) mass is 397 g/mol. The third-order valence-corrected chi connectivity index (χ3v) is 7.26. The van der Waals surface area contributed by atoms with Crippen molar-refractivity contribution in [3.05, 3.63) is 41.3 Å². The predicted molar refractivity (Wildman–Crippen MR) is 118 cm³/mol. The summed E-state index contributed by atoms with van der Waals surface area (Å²) in [6, 6.07) is 13.1. The average molecular weight is 398 g/mol. The largest absolute Gasteiger partial charge is 0.363 e. The van der Waals surface area contributed by atoms with Crippen LogP contribution in [0.25, 0.3) is 11.1 Å². The highest BCUT2D eigenvalue weighted by molar-refractivity contribution is 7.18. The molecule has 4 nitrogen and oxygen atoms in total. The molecule has 3 heterocycles. The highest BCUT2D eigenvalue weighted by atomic mass is 32.1. The number of carbonyl (C=O) groups is 1. The second kappa shape index (κ2) is 9.10. The normalized spacial score (nSPS) is 20.5. The summed E-state index contributed by atoms with van der Waals surface area (Å²) >= 11 is 1.66. The summed E-state index contributed by atoms with van der Waals surface area (Å²) in [4.78, 5) is 18.7. The number of carbonyl (C=O) groups excluding carboxylic acids is 1. The standard InChI is InChI=1S/C23H31N3OS/c1-2-25-15-9-12-19(25)17-24-22(27)21-16-20(18-10-5-3-6-11-18)23(28-21)26-13-7-4-8-14-26/h3,5-6,10-11,16,19H,2,4,7-9,12-15,17H2,1H3,(H,24,27). The third kappa shape index (κ3) is 4.26. The molecule has 0 saturated carbocycles. The summed E-state index contributed by atoms with van der Waals surface area (Å²) in [6.45, 7) is 7.37. The van der Waals surface area contributed by atoms with Gasteiger partial charge >= 0.3 is 0 Å². The summed E-state index contributed by atoms with van der Waals surface area (Å²) < 4.78 is 0. The number of amides is 1. The molecule has 2 aliphatic heterocycles. The fourth-order valence-corrected chi connectivity index (χ4v) is 5.64. The lowest BCUT2D eigenvalue weighted by atomic mass is 10.1. The molecule has 5 heteroatoms. The number of nitrogens with one attached hydrogen (secondary N) is 1. The Labute approximate surface area is 172 Å². The van der Waals surface area contributed by atoms with E-state index in [1.807, 2.05) is 6.07 Å². The fraction of sp³-hybridized carbons (Fsp3) is 0.522. The molecular formula is C23H31N3OS. The lowest BCUT2D eigenvalue weighted by Crippen LogP contribution is -2.39. The molecule has 28 heavy (non-hydrogen) atoms. The Kier molecular flexibility index (Phi) is 6.33. The Morgan fingerprint density at radius 3 is 2.64 bits per heavy atom. The second-order valence-corrected chi connectivity index (χ2v) is 8.91. The van der Waals surface area contributed by atoms with Crippen LogP contribution in [0.4, 0.5) is 5.00 Å². The van der Waals surface area contributed by atoms with Gasteiger partial charge in [0.1, 0.15) is 0 Å². The van der Waals surface area contributed by atoms with Crippen molar-refractivity contribution in [3.8, 4) is 11.1 Å². The zero-order valence-corrected chi connectivity index (χ0v) is 17.6. The van der Waals surface area contributed by atoms with Crippen molar-refractivity contribution in [2.75, 3.05) is 37.6 Å². The van der Waals surface area contributed by atoms with Gasteiger partial charge in [-0.1, -0.05) is 37.3 Å². The van der Waals surface area contributed by atoms with Crippen LogP contribution in [-0.4, -0.2) is 49.6 Å². The number of rotatable bonds is 6. The molecule has 1 N–H and O–H groups in total. The van der Waals surface area contributed by atoms with Crippen LogP contribution in [0.5, 0.6) is 0 Å². The molecule has 0 aliphatic carbocycles. The molecule has 2 aromatic rings. The van der Waals surface area contributed by atoms with Gasteiger partial charge in [0, 0.05) is 31.2 Å². The first kappa shape index (κ1) is 19.5. The average Bonchev–Trinajstić information content (AvgIpc) is 3.40. The highest BCUT2D eigenvalue weighted by Gasteiger charge is 2.25. The van der Waals surface area contributed by atoms with Crippen LogP contribution in [0, 0.1) is 0 Å². The van der Waals surface area contributed by atoms with Gasteiger partial charge in [-0.05, 0) is 56.8 Å². The van der Waals surface area contributed by atoms with Gasteiger partial charge in [0.2, 0.25) is 0 Å². The van der Waals surface area contributed by atoms with E-state index in [0.29, 0.717) is 6.04 Å². The molecule has 2 aliphatic rings. The Bertz CT molecular complexity index is 782. The Hall–Kier alpha value is -1.85. The van der Waals surface area contributed by atoms with Gasteiger partial charge in [0.15, 0.2) is 0 Å². The zero-order chi connectivity index (χ0) is 19.3. The van der Waals surface area contributed by atoms with Gasteiger partial charge in [0.05, 0.1) is 9.88 Å². The minimum atomic E-state index is 0.0772. The van der Waals surface area contributed by atoms with Gasteiger partial charge in [-0.2, -0.15) is 0 Å². The van der Waals surface area contributed by atoms with E-state index >= 15 is 0 Å². The Balaban J connectivity index is 1.53. The first-order valence-corrected chi connectivity index (χ1v) is 11.5. The minimum Gasteiger partial charge on any atom is -0.363 e. The number of anilines is 1. The molecule has 2 saturated heterocycles. The molecule has 1 amide bonds. The quantitative estimate of drug-likeness (QED) is 0.773. The van der Waals surface area contributed by atoms with Crippen molar-refractivity contribution in [1.29, 1.82) is 0 Å². The van der Waals surface area contributed by atoms with E-state index < -0.39 is 0 Å². The topological polar surface area (TPSA) is 35.6 Å². The van der Waals surface area contributed by atoms with Gasteiger partial charge in [-0.25, -0.2) is 0 Å². The summed E-state index contributed by atoms with van der Waals surface area (Å²) in [7, 11) is 0. The van der Waals surface area contributed by atoms with E-state index in [9.17, 15) is 4.79 Å². The summed E-state index contributed by atoms with van der Waals surface area (Å²) in [5.74, 6) is 0.0772. The third-order valence-electron chi connectivity index (χ3n) is 6.07. The van der Waals surface area contributed by atoms with E-state index in [1.165, 1.54) is 48.2 Å². The van der Waals surface area contributed by atoms with E-state index in [4.69, 9.17) is 0 Å². The smallest absolute Gasteiger partial charge is 0.261 e. The minimum absolute atomic E-state index is 0.0772. The van der Waals surface area contributed by atoms with Gasteiger partial charge in [-0.3, -0.25) is 9.69 Å². The molecule has 0 radical (unpaired) electrons.